The van der Waals surface area contributed by atoms with Crippen molar-refractivity contribution < 1.29 is 18.3 Å². The van der Waals surface area contributed by atoms with E-state index in [1.165, 1.54) is 0 Å². The van der Waals surface area contributed by atoms with Gasteiger partial charge in [-0.15, -0.1) is 0 Å². The number of aromatic nitrogens is 1. The zero-order chi connectivity index (χ0) is 11.6. The third kappa shape index (κ3) is 3.27. The quantitative estimate of drug-likeness (QED) is 0.533. The molecule has 0 bridgehead atoms. The molecule has 0 saturated heterocycles. The summed E-state index contributed by atoms with van der Waals surface area (Å²) in [6.07, 6.45) is 0. The predicted molar refractivity (Wildman–Crippen MR) is 49.3 cm³/mol. The maximum absolute atomic E-state index is 12.7. The van der Waals surface area contributed by atoms with Crippen LogP contribution < -0.4 is 0 Å². The maximum Gasteiger partial charge on any atom is 0.357 e. The van der Waals surface area contributed by atoms with Crippen molar-refractivity contribution >= 4 is 5.97 Å². The highest BCUT2D eigenvalue weighted by Crippen LogP contribution is 2.11. The van der Waals surface area contributed by atoms with E-state index in [9.17, 15) is 13.6 Å². The molecule has 0 fully saturated rings. The molecule has 0 saturated carbocycles. The van der Waals surface area contributed by atoms with Gasteiger partial charge in [-0.25, -0.2) is 14.2 Å². The van der Waals surface area contributed by atoms with Crippen molar-refractivity contribution in [3.05, 3.63) is 29.6 Å². The highest BCUT2D eigenvalue weighted by atomic mass is 19.2. The van der Waals surface area contributed by atoms with E-state index < -0.39 is 23.3 Å². The molecular weight excluding hydrogens is 204 g/mol. The number of hydrogen-bond acceptors (Lipinski definition) is 3. The zero-order valence-electron chi connectivity index (χ0n) is 8.67. The van der Waals surface area contributed by atoms with Gasteiger partial charge < -0.3 is 4.74 Å². The number of esters is 1. The van der Waals surface area contributed by atoms with Crippen LogP contribution in [-0.2, 0) is 4.74 Å². The fourth-order valence-electron chi connectivity index (χ4n) is 0.861. The van der Waals surface area contributed by atoms with Crippen molar-refractivity contribution in [1.29, 1.82) is 0 Å². The Morgan fingerprint density at radius 1 is 1.33 bits per heavy atom. The van der Waals surface area contributed by atoms with Gasteiger partial charge in [-0.05, 0) is 32.9 Å². The van der Waals surface area contributed by atoms with Gasteiger partial charge >= 0.3 is 5.97 Å². The lowest BCUT2D eigenvalue weighted by molar-refractivity contribution is 0.00613. The Morgan fingerprint density at radius 2 is 1.93 bits per heavy atom. The first-order valence-electron chi connectivity index (χ1n) is 4.35. The molecule has 0 unspecified atom stereocenters. The highest BCUT2D eigenvalue weighted by Gasteiger charge is 2.19. The number of hydrogen-bond donors (Lipinski definition) is 0. The predicted octanol–water partition coefficient (Wildman–Crippen LogP) is 2.32. The molecule has 0 amide bonds. The summed E-state index contributed by atoms with van der Waals surface area (Å²) in [5.41, 5.74) is -0.937. The lowest BCUT2D eigenvalue weighted by atomic mass is 10.2. The Morgan fingerprint density at radius 3 is 2.40 bits per heavy atom. The number of ether oxygens (including phenoxy) is 1. The topological polar surface area (TPSA) is 39.2 Å². The molecule has 1 aromatic rings. The van der Waals surface area contributed by atoms with Crippen LogP contribution in [0, 0.1) is 11.8 Å². The number of pyridine rings is 1. The summed E-state index contributed by atoms with van der Waals surface area (Å²) in [4.78, 5) is 14.5. The van der Waals surface area contributed by atoms with Gasteiger partial charge in [-0.1, -0.05) is 0 Å². The van der Waals surface area contributed by atoms with E-state index in [-0.39, 0.29) is 5.69 Å². The zero-order valence-corrected chi connectivity index (χ0v) is 8.67. The molecule has 0 N–H and O–H groups in total. The Bertz CT molecular complexity index is 385. The first-order valence-corrected chi connectivity index (χ1v) is 4.35. The van der Waals surface area contributed by atoms with Crippen LogP contribution in [0.5, 0.6) is 0 Å². The lowest BCUT2D eigenvalue weighted by Crippen LogP contribution is -2.24. The van der Waals surface area contributed by atoms with Gasteiger partial charge in [0.1, 0.15) is 5.60 Å². The van der Waals surface area contributed by atoms with Crippen molar-refractivity contribution in [2.45, 2.75) is 26.4 Å². The minimum Gasteiger partial charge on any atom is -0.455 e. The van der Waals surface area contributed by atoms with E-state index >= 15 is 0 Å². The molecule has 82 valence electrons. The summed E-state index contributed by atoms with van der Waals surface area (Å²) in [5.74, 6) is -3.18. The van der Waals surface area contributed by atoms with Crippen LogP contribution >= 0.6 is 0 Å². The van der Waals surface area contributed by atoms with Gasteiger partial charge in [0.15, 0.2) is 11.5 Å². The van der Waals surface area contributed by atoms with Gasteiger partial charge in [-0.3, -0.25) is 0 Å². The van der Waals surface area contributed by atoms with Crippen molar-refractivity contribution in [3.63, 3.8) is 0 Å². The monoisotopic (exact) mass is 215 g/mol. The molecule has 0 aliphatic carbocycles. The maximum atomic E-state index is 12.7. The van der Waals surface area contributed by atoms with Crippen LogP contribution in [0.3, 0.4) is 0 Å². The molecule has 1 aromatic heterocycles. The standard InChI is InChI=1S/C10H11F2NO2/c1-10(2,3)15-9(14)7-5-4-6(11)8(12)13-7/h4-5H,1-3H3. The third-order valence-corrected chi connectivity index (χ3v) is 1.41. The summed E-state index contributed by atoms with van der Waals surface area (Å²) in [6.45, 7) is 5.01. The molecular formula is C10H11F2NO2. The van der Waals surface area contributed by atoms with Gasteiger partial charge in [-0.2, -0.15) is 4.39 Å². The molecule has 0 atom stereocenters. The van der Waals surface area contributed by atoms with Crippen LogP contribution in [0.15, 0.2) is 12.1 Å². The highest BCUT2D eigenvalue weighted by molar-refractivity contribution is 5.87. The van der Waals surface area contributed by atoms with Crippen LogP contribution in [-0.4, -0.2) is 16.6 Å². The van der Waals surface area contributed by atoms with Crippen LogP contribution in [0.1, 0.15) is 31.3 Å². The van der Waals surface area contributed by atoms with Crippen LogP contribution in [0.4, 0.5) is 8.78 Å². The molecule has 0 aromatic carbocycles. The number of carbonyl (C=O) groups is 1. The van der Waals surface area contributed by atoms with Crippen molar-refractivity contribution in [2.24, 2.45) is 0 Å². The van der Waals surface area contributed by atoms with Crippen molar-refractivity contribution in [2.75, 3.05) is 0 Å². The fourth-order valence-corrected chi connectivity index (χ4v) is 0.861. The van der Waals surface area contributed by atoms with Gasteiger partial charge in [0.25, 0.3) is 0 Å². The Balaban J connectivity index is 2.88. The summed E-state index contributed by atoms with van der Waals surface area (Å²) >= 11 is 0. The van der Waals surface area contributed by atoms with E-state index in [1.807, 2.05) is 0 Å². The van der Waals surface area contributed by atoms with E-state index in [2.05, 4.69) is 4.98 Å². The summed E-state index contributed by atoms with van der Waals surface area (Å²) in [7, 11) is 0. The second-order valence-electron chi connectivity index (χ2n) is 3.97. The average Bonchev–Trinajstić information content (AvgIpc) is 2.06. The fraction of sp³-hybridized carbons (Fsp3) is 0.400. The number of nitrogens with zero attached hydrogens (tertiary/aromatic N) is 1. The van der Waals surface area contributed by atoms with Gasteiger partial charge in [0, 0.05) is 0 Å². The van der Waals surface area contributed by atoms with E-state index in [1.54, 1.807) is 20.8 Å². The van der Waals surface area contributed by atoms with Gasteiger partial charge in [0.05, 0.1) is 0 Å². The Hall–Kier alpha value is -1.52. The molecule has 0 radical (unpaired) electrons. The van der Waals surface area contributed by atoms with E-state index in [4.69, 9.17) is 4.74 Å². The first-order chi connectivity index (χ1) is 6.79. The summed E-state index contributed by atoms with van der Waals surface area (Å²) in [5, 5.41) is 0. The average molecular weight is 215 g/mol. The molecule has 0 aliphatic heterocycles. The largest absolute Gasteiger partial charge is 0.455 e. The second-order valence-corrected chi connectivity index (χ2v) is 3.97. The Kier molecular flexibility index (Phi) is 3.02. The SMILES string of the molecule is CC(C)(C)OC(=O)c1ccc(F)c(F)n1. The lowest BCUT2D eigenvalue weighted by Gasteiger charge is -2.18. The molecule has 3 nitrogen and oxygen atoms in total. The third-order valence-electron chi connectivity index (χ3n) is 1.41. The molecule has 0 spiro atoms. The minimum absolute atomic E-state index is 0.246. The van der Waals surface area contributed by atoms with E-state index in [0.29, 0.717) is 0 Å². The molecule has 1 rings (SSSR count). The van der Waals surface area contributed by atoms with Crippen LogP contribution in [0.2, 0.25) is 0 Å². The first kappa shape index (κ1) is 11.6. The smallest absolute Gasteiger partial charge is 0.357 e. The molecule has 5 heteroatoms. The number of rotatable bonds is 1. The normalized spacial score (nSPS) is 11.3. The van der Waals surface area contributed by atoms with Crippen LogP contribution in [0.25, 0.3) is 0 Å². The summed E-state index contributed by atoms with van der Waals surface area (Å²) < 4.78 is 30.1. The Labute approximate surface area is 86.1 Å². The van der Waals surface area contributed by atoms with E-state index in [0.717, 1.165) is 12.1 Å². The minimum atomic E-state index is -1.31. The van der Waals surface area contributed by atoms with Crippen molar-refractivity contribution in [1.82, 2.24) is 4.98 Å². The number of halogens is 2. The molecule has 1 heterocycles. The van der Waals surface area contributed by atoms with Crippen molar-refractivity contribution in [3.8, 4) is 0 Å². The molecule has 0 aliphatic rings. The molecule has 15 heavy (non-hydrogen) atoms. The summed E-state index contributed by atoms with van der Waals surface area (Å²) in [6, 6.07) is 1.91. The second kappa shape index (κ2) is 3.92. The van der Waals surface area contributed by atoms with Gasteiger partial charge in [0.2, 0.25) is 5.95 Å². The number of carbonyl (C=O) groups excluding carboxylic acids is 1.